The van der Waals surface area contributed by atoms with Crippen molar-refractivity contribution >= 4 is 11.9 Å². The molecule has 0 bridgehead atoms. The molecular formula is C14H14F5NO4. The van der Waals surface area contributed by atoms with Crippen molar-refractivity contribution in [2.45, 2.75) is 31.5 Å². The van der Waals surface area contributed by atoms with Gasteiger partial charge in [-0.2, -0.15) is 13.2 Å². The van der Waals surface area contributed by atoms with Gasteiger partial charge in [0, 0.05) is 12.5 Å². The highest BCUT2D eigenvalue weighted by atomic mass is 19.4. The summed E-state index contributed by atoms with van der Waals surface area (Å²) >= 11 is 0. The van der Waals surface area contributed by atoms with Crippen LogP contribution in [0.5, 0.6) is 5.75 Å². The van der Waals surface area contributed by atoms with E-state index in [1.165, 1.54) is 0 Å². The van der Waals surface area contributed by atoms with Gasteiger partial charge in [0.15, 0.2) is 11.6 Å². The van der Waals surface area contributed by atoms with Crippen molar-refractivity contribution in [1.82, 2.24) is 5.32 Å². The lowest BCUT2D eigenvalue weighted by atomic mass is 10.2. The smallest absolute Gasteiger partial charge is 0.391 e. The average Bonchev–Trinajstić information content (AvgIpc) is 2.43. The van der Waals surface area contributed by atoms with Gasteiger partial charge in [0.25, 0.3) is 0 Å². The Morgan fingerprint density at radius 3 is 2.46 bits per heavy atom. The van der Waals surface area contributed by atoms with Gasteiger partial charge < -0.3 is 15.2 Å². The van der Waals surface area contributed by atoms with Gasteiger partial charge >= 0.3 is 12.1 Å². The van der Waals surface area contributed by atoms with Gasteiger partial charge in [-0.25, -0.2) is 13.6 Å². The number of hydrogen-bond acceptors (Lipinski definition) is 3. The molecule has 0 aliphatic heterocycles. The van der Waals surface area contributed by atoms with E-state index in [9.17, 15) is 31.5 Å². The topological polar surface area (TPSA) is 75.6 Å². The standard InChI is InChI=1S/C14H14F5NO4/c15-8-3-4-11(9(16)6-8)24-5-1-2-12(21)20-10(13(22)23)7-14(17,18)19/h3-4,6,10H,1-2,5,7H2,(H,20,21)(H,22,23). The highest BCUT2D eigenvalue weighted by Gasteiger charge is 2.36. The zero-order valence-electron chi connectivity index (χ0n) is 12.2. The fourth-order valence-electron chi connectivity index (χ4n) is 1.71. The van der Waals surface area contributed by atoms with Gasteiger partial charge in [-0.1, -0.05) is 0 Å². The number of carboxylic acid groups (broad SMARTS) is 1. The zero-order chi connectivity index (χ0) is 18.3. The molecule has 0 radical (unpaired) electrons. The first-order valence-electron chi connectivity index (χ1n) is 6.75. The van der Waals surface area contributed by atoms with Crippen LogP contribution in [-0.2, 0) is 9.59 Å². The fourth-order valence-corrected chi connectivity index (χ4v) is 1.71. The van der Waals surface area contributed by atoms with E-state index in [0.29, 0.717) is 6.07 Å². The van der Waals surface area contributed by atoms with Crippen LogP contribution in [0.25, 0.3) is 0 Å². The molecular weight excluding hydrogens is 341 g/mol. The van der Waals surface area contributed by atoms with Crippen LogP contribution in [0.3, 0.4) is 0 Å². The molecule has 0 aliphatic rings. The van der Waals surface area contributed by atoms with E-state index in [1.807, 2.05) is 0 Å². The van der Waals surface area contributed by atoms with Gasteiger partial charge in [-0.15, -0.1) is 0 Å². The minimum atomic E-state index is -4.74. The summed E-state index contributed by atoms with van der Waals surface area (Å²) in [6.45, 7) is -0.160. The van der Waals surface area contributed by atoms with Crippen LogP contribution in [0.4, 0.5) is 22.0 Å². The summed E-state index contributed by atoms with van der Waals surface area (Å²) in [6, 6.07) is 0.554. The van der Waals surface area contributed by atoms with E-state index >= 15 is 0 Å². The van der Waals surface area contributed by atoms with E-state index in [2.05, 4.69) is 0 Å². The van der Waals surface area contributed by atoms with Crippen molar-refractivity contribution in [2.75, 3.05) is 6.61 Å². The summed E-state index contributed by atoms with van der Waals surface area (Å²) in [6.07, 6.45) is -6.74. The molecule has 0 saturated carbocycles. The van der Waals surface area contributed by atoms with E-state index in [1.54, 1.807) is 5.32 Å². The first kappa shape index (κ1) is 19.7. The number of alkyl halides is 3. The fraction of sp³-hybridized carbons (Fsp3) is 0.429. The highest BCUT2D eigenvalue weighted by molar-refractivity contribution is 5.83. The molecule has 24 heavy (non-hydrogen) atoms. The Morgan fingerprint density at radius 2 is 1.92 bits per heavy atom. The maximum absolute atomic E-state index is 13.2. The Kier molecular flexibility index (Phi) is 6.93. The third-order valence-corrected chi connectivity index (χ3v) is 2.77. The molecule has 0 aromatic heterocycles. The predicted molar refractivity (Wildman–Crippen MR) is 71.3 cm³/mol. The van der Waals surface area contributed by atoms with Crippen molar-refractivity contribution in [2.24, 2.45) is 0 Å². The van der Waals surface area contributed by atoms with E-state index < -0.39 is 42.1 Å². The molecule has 0 fully saturated rings. The molecule has 1 rings (SSSR count). The lowest BCUT2D eigenvalue weighted by molar-refractivity contribution is -0.160. The Labute approximate surface area is 133 Å². The zero-order valence-corrected chi connectivity index (χ0v) is 12.2. The molecule has 0 saturated heterocycles. The van der Waals surface area contributed by atoms with Crippen molar-refractivity contribution in [3.05, 3.63) is 29.8 Å². The number of hydrogen-bond donors (Lipinski definition) is 2. The van der Waals surface area contributed by atoms with Crippen LogP contribution in [0.15, 0.2) is 18.2 Å². The van der Waals surface area contributed by atoms with Crippen LogP contribution in [-0.4, -0.2) is 35.8 Å². The maximum Gasteiger partial charge on any atom is 0.391 e. The van der Waals surface area contributed by atoms with Crippen molar-refractivity contribution in [1.29, 1.82) is 0 Å². The molecule has 10 heteroatoms. The summed E-state index contributed by atoms with van der Waals surface area (Å²) in [7, 11) is 0. The predicted octanol–water partition coefficient (Wildman–Crippen LogP) is 2.65. The second-order valence-electron chi connectivity index (χ2n) is 4.80. The number of carboxylic acids is 1. The third-order valence-electron chi connectivity index (χ3n) is 2.77. The Bertz CT molecular complexity index is 591. The van der Waals surface area contributed by atoms with Crippen LogP contribution in [0.1, 0.15) is 19.3 Å². The maximum atomic E-state index is 13.2. The highest BCUT2D eigenvalue weighted by Crippen LogP contribution is 2.22. The summed E-state index contributed by atoms with van der Waals surface area (Å²) in [5, 5.41) is 10.4. The van der Waals surface area contributed by atoms with Gasteiger partial charge in [-0.05, 0) is 18.6 Å². The normalized spacial score (nSPS) is 12.5. The van der Waals surface area contributed by atoms with Crippen molar-refractivity contribution < 1.29 is 41.4 Å². The summed E-state index contributed by atoms with van der Waals surface area (Å²) in [5.41, 5.74) is 0. The molecule has 1 amide bonds. The van der Waals surface area contributed by atoms with Crippen LogP contribution in [0, 0.1) is 11.6 Å². The summed E-state index contributed by atoms with van der Waals surface area (Å²) in [5.74, 6) is -4.67. The Hall–Kier alpha value is -2.39. The molecule has 1 aromatic rings. The van der Waals surface area contributed by atoms with E-state index in [4.69, 9.17) is 9.84 Å². The number of carbonyl (C=O) groups excluding carboxylic acids is 1. The third kappa shape index (κ3) is 7.25. The molecule has 5 nitrogen and oxygen atoms in total. The summed E-state index contributed by atoms with van der Waals surface area (Å²) < 4.78 is 67.4. The number of benzene rings is 1. The monoisotopic (exact) mass is 355 g/mol. The Morgan fingerprint density at radius 1 is 1.25 bits per heavy atom. The Balaban J connectivity index is 2.38. The molecule has 1 unspecified atom stereocenters. The summed E-state index contributed by atoms with van der Waals surface area (Å²) in [4.78, 5) is 22.1. The molecule has 134 valence electrons. The van der Waals surface area contributed by atoms with Gasteiger partial charge in [-0.3, -0.25) is 4.79 Å². The average molecular weight is 355 g/mol. The molecule has 0 heterocycles. The molecule has 0 aliphatic carbocycles. The largest absolute Gasteiger partial charge is 0.491 e. The van der Waals surface area contributed by atoms with Crippen LogP contribution in [0.2, 0.25) is 0 Å². The van der Waals surface area contributed by atoms with Gasteiger partial charge in [0.05, 0.1) is 13.0 Å². The minimum absolute atomic E-state index is 0.000999. The number of amides is 1. The number of rotatable bonds is 8. The van der Waals surface area contributed by atoms with E-state index in [0.717, 1.165) is 12.1 Å². The van der Waals surface area contributed by atoms with Crippen molar-refractivity contribution in [3.63, 3.8) is 0 Å². The van der Waals surface area contributed by atoms with Gasteiger partial charge in [0.2, 0.25) is 5.91 Å². The molecule has 2 N–H and O–H groups in total. The van der Waals surface area contributed by atoms with Crippen LogP contribution >= 0.6 is 0 Å². The first-order chi connectivity index (χ1) is 11.1. The van der Waals surface area contributed by atoms with Gasteiger partial charge in [0.1, 0.15) is 11.9 Å². The lowest BCUT2D eigenvalue weighted by Crippen LogP contribution is -2.43. The number of carbonyl (C=O) groups is 2. The number of aliphatic carboxylic acids is 1. The van der Waals surface area contributed by atoms with Crippen LogP contribution < -0.4 is 10.1 Å². The second kappa shape index (κ2) is 8.46. The second-order valence-corrected chi connectivity index (χ2v) is 4.80. The number of halogens is 5. The van der Waals surface area contributed by atoms with Crippen molar-refractivity contribution in [3.8, 4) is 5.75 Å². The number of ether oxygens (including phenoxy) is 1. The quantitative estimate of drug-likeness (QED) is 0.555. The molecule has 1 atom stereocenters. The lowest BCUT2D eigenvalue weighted by Gasteiger charge is -2.16. The SMILES string of the molecule is O=C(CCCOc1ccc(F)cc1F)NC(CC(F)(F)F)C(=O)O. The minimum Gasteiger partial charge on any atom is -0.491 e. The number of nitrogens with one attached hydrogen (secondary N) is 1. The first-order valence-corrected chi connectivity index (χ1v) is 6.75. The van der Waals surface area contributed by atoms with E-state index in [-0.39, 0.29) is 25.2 Å². The molecule has 1 aromatic carbocycles. The molecule has 0 spiro atoms.